The first-order valence-corrected chi connectivity index (χ1v) is 3.69. The third-order valence-electron chi connectivity index (χ3n) is 2.86. The van der Waals surface area contributed by atoms with Gasteiger partial charge in [0.2, 0.25) is 0 Å². The summed E-state index contributed by atoms with van der Waals surface area (Å²) in [7, 11) is 0. The molecule has 2 rings (SSSR count). The minimum absolute atomic E-state index is 0. The van der Waals surface area contributed by atoms with Gasteiger partial charge in [0.1, 0.15) is 0 Å². The minimum Gasteiger partial charge on any atom is -0.396 e. The van der Waals surface area contributed by atoms with Crippen LogP contribution in [0.2, 0.25) is 0 Å². The molecular weight excluding hydrogens is 126 g/mol. The maximum atomic E-state index is 8.96. The largest absolute Gasteiger partial charge is 0.396 e. The fraction of sp³-hybridized carbons (Fsp3) is 1.00. The van der Waals surface area contributed by atoms with Crippen LogP contribution < -0.4 is 5.32 Å². The number of piperidine rings is 1. The predicted molar refractivity (Wildman–Crippen MR) is 41.8 cm³/mol. The van der Waals surface area contributed by atoms with Gasteiger partial charge in [-0.1, -0.05) is 7.43 Å². The zero-order chi connectivity index (χ0) is 6.32. The smallest absolute Gasteiger partial charge is 0.0491 e. The van der Waals surface area contributed by atoms with E-state index in [1.165, 1.54) is 12.8 Å². The summed E-state index contributed by atoms with van der Waals surface area (Å²) in [5, 5.41) is 12.3. The highest BCUT2D eigenvalue weighted by atomic mass is 16.3. The van der Waals surface area contributed by atoms with Gasteiger partial charge >= 0.3 is 0 Å². The average molecular weight is 143 g/mol. The summed E-state index contributed by atoms with van der Waals surface area (Å²) in [6, 6.07) is 0. The van der Waals surface area contributed by atoms with E-state index in [4.69, 9.17) is 5.11 Å². The van der Waals surface area contributed by atoms with E-state index in [2.05, 4.69) is 5.32 Å². The Hall–Kier alpha value is -0.0800. The molecule has 0 bridgehead atoms. The summed E-state index contributed by atoms with van der Waals surface area (Å²) in [6.45, 7) is 2.66. The van der Waals surface area contributed by atoms with Crippen LogP contribution in [-0.2, 0) is 0 Å². The quantitative estimate of drug-likeness (QED) is 0.564. The van der Waals surface area contributed by atoms with E-state index in [1.54, 1.807) is 0 Å². The number of hydrogen-bond acceptors (Lipinski definition) is 2. The van der Waals surface area contributed by atoms with E-state index in [9.17, 15) is 0 Å². The lowest BCUT2D eigenvalue weighted by Gasteiger charge is -2.19. The number of hydrogen-bond donors (Lipinski definition) is 2. The molecule has 0 amide bonds. The van der Waals surface area contributed by atoms with Gasteiger partial charge in [-0.2, -0.15) is 0 Å². The highest BCUT2D eigenvalue weighted by Gasteiger charge is 2.54. The Labute approximate surface area is 62.6 Å². The molecule has 1 saturated carbocycles. The highest BCUT2D eigenvalue weighted by Crippen LogP contribution is 2.55. The maximum absolute atomic E-state index is 8.96. The normalized spacial score (nSPS) is 43.5. The van der Waals surface area contributed by atoms with Crippen LogP contribution in [0.3, 0.4) is 0 Å². The molecule has 0 spiro atoms. The molecule has 2 unspecified atom stereocenters. The van der Waals surface area contributed by atoms with Crippen LogP contribution in [0.25, 0.3) is 0 Å². The second kappa shape index (κ2) is 2.51. The first-order valence-electron chi connectivity index (χ1n) is 3.69. The zero-order valence-electron chi connectivity index (χ0n) is 5.56. The zero-order valence-corrected chi connectivity index (χ0v) is 5.56. The van der Waals surface area contributed by atoms with Crippen molar-refractivity contribution in [3.05, 3.63) is 0 Å². The van der Waals surface area contributed by atoms with Crippen molar-refractivity contribution in [2.75, 3.05) is 19.7 Å². The molecule has 0 radical (unpaired) electrons. The van der Waals surface area contributed by atoms with E-state index < -0.39 is 0 Å². The van der Waals surface area contributed by atoms with Crippen LogP contribution >= 0.6 is 0 Å². The Morgan fingerprint density at radius 1 is 1.60 bits per heavy atom. The van der Waals surface area contributed by atoms with Crippen molar-refractivity contribution in [1.29, 1.82) is 0 Å². The van der Waals surface area contributed by atoms with Crippen LogP contribution in [0.4, 0.5) is 0 Å². The van der Waals surface area contributed by atoms with Gasteiger partial charge in [-0.15, -0.1) is 0 Å². The Bertz CT molecular complexity index is 126. The van der Waals surface area contributed by atoms with Crippen LogP contribution in [-0.4, -0.2) is 24.8 Å². The van der Waals surface area contributed by atoms with Crippen molar-refractivity contribution in [2.45, 2.75) is 20.3 Å². The van der Waals surface area contributed by atoms with Gasteiger partial charge in [-0.05, 0) is 37.3 Å². The molecule has 2 nitrogen and oxygen atoms in total. The Morgan fingerprint density at radius 3 is 2.90 bits per heavy atom. The standard InChI is InChI=1S/C7H13NO.CH4/c9-5-7-1-2-8-4-6(7)3-7;/h6,8-9H,1-5H2;1H4. The van der Waals surface area contributed by atoms with Gasteiger partial charge in [0.05, 0.1) is 0 Å². The molecular formula is C8H17NO. The van der Waals surface area contributed by atoms with Crippen molar-refractivity contribution in [3.8, 4) is 0 Å². The number of rotatable bonds is 1. The number of aliphatic hydroxyl groups is 1. The first-order chi connectivity index (χ1) is 4.37. The number of nitrogens with one attached hydrogen (secondary N) is 1. The SMILES string of the molecule is C.OCC12CCNCC1C2. The number of aliphatic hydroxyl groups excluding tert-OH is 1. The van der Waals surface area contributed by atoms with Crippen LogP contribution in [0.1, 0.15) is 20.3 Å². The van der Waals surface area contributed by atoms with E-state index in [0.29, 0.717) is 12.0 Å². The summed E-state index contributed by atoms with van der Waals surface area (Å²) in [5.41, 5.74) is 0.380. The molecule has 2 heteroatoms. The lowest BCUT2D eigenvalue weighted by molar-refractivity contribution is 0.176. The van der Waals surface area contributed by atoms with Crippen LogP contribution in [0, 0.1) is 11.3 Å². The molecule has 10 heavy (non-hydrogen) atoms. The molecule has 0 aromatic heterocycles. The maximum Gasteiger partial charge on any atom is 0.0491 e. The minimum atomic E-state index is 0. The van der Waals surface area contributed by atoms with Gasteiger partial charge in [-0.3, -0.25) is 0 Å². The van der Waals surface area contributed by atoms with Gasteiger partial charge < -0.3 is 10.4 Å². The molecule has 2 aliphatic rings. The molecule has 2 atom stereocenters. The van der Waals surface area contributed by atoms with E-state index in [-0.39, 0.29) is 7.43 Å². The number of fused-ring (bicyclic) bond motifs is 1. The summed E-state index contributed by atoms with van der Waals surface area (Å²) >= 11 is 0. The van der Waals surface area contributed by atoms with Crippen LogP contribution in [0.15, 0.2) is 0 Å². The van der Waals surface area contributed by atoms with E-state index in [1.807, 2.05) is 0 Å². The van der Waals surface area contributed by atoms with Gasteiger partial charge in [0, 0.05) is 6.61 Å². The molecule has 1 aliphatic heterocycles. The second-order valence-electron chi connectivity index (χ2n) is 3.38. The van der Waals surface area contributed by atoms with Gasteiger partial charge in [0.15, 0.2) is 0 Å². The Balaban J connectivity index is 0.000000500. The summed E-state index contributed by atoms with van der Waals surface area (Å²) in [5.74, 6) is 0.802. The summed E-state index contributed by atoms with van der Waals surface area (Å²) in [6.07, 6.45) is 2.45. The molecule has 1 saturated heterocycles. The summed E-state index contributed by atoms with van der Waals surface area (Å²) in [4.78, 5) is 0. The Kier molecular flexibility index (Phi) is 2.02. The molecule has 1 aliphatic carbocycles. The van der Waals surface area contributed by atoms with Crippen molar-refractivity contribution >= 4 is 0 Å². The monoisotopic (exact) mass is 143 g/mol. The topological polar surface area (TPSA) is 32.3 Å². The summed E-state index contributed by atoms with van der Waals surface area (Å²) < 4.78 is 0. The fourth-order valence-corrected chi connectivity index (χ4v) is 1.91. The van der Waals surface area contributed by atoms with E-state index in [0.717, 1.165) is 19.0 Å². The third-order valence-corrected chi connectivity index (χ3v) is 2.86. The molecule has 60 valence electrons. The first kappa shape index (κ1) is 8.02. The molecule has 2 N–H and O–H groups in total. The Morgan fingerprint density at radius 2 is 2.40 bits per heavy atom. The van der Waals surface area contributed by atoms with Crippen molar-refractivity contribution < 1.29 is 5.11 Å². The lowest BCUT2D eigenvalue weighted by atomic mass is 9.98. The van der Waals surface area contributed by atoms with Crippen molar-refractivity contribution in [1.82, 2.24) is 5.32 Å². The fourth-order valence-electron chi connectivity index (χ4n) is 1.91. The molecule has 0 aromatic rings. The van der Waals surface area contributed by atoms with Crippen molar-refractivity contribution in [2.24, 2.45) is 11.3 Å². The highest BCUT2D eigenvalue weighted by molar-refractivity contribution is 5.05. The second-order valence-corrected chi connectivity index (χ2v) is 3.38. The van der Waals surface area contributed by atoms with Crippen LogP contribution in [0.5, 0.6) is 0 Å². The molecule has 0 aromatic carbocycles. The third kappa shape index (κ3) is 0.956. The van der Waals surface area contributed by atoms with E-state index >= 15 is 0 Å². The molecule has 2 fully saturated rings. The van der Waals surface area contributed by atoms with Gasteiger partial charge in [0.25, 0.3) is 0 Å². The lowest BCUT2D eigenvalue weighted by Crippen LogP contribution is -2.30. The molecule has 1 heterocycles. The predicted octanol–water partition coefficient (Wildman–Crippen LogP) is 0.614. The van der Waals surface area contributed by atoms with Crippen molar-refractivity contribution in [3.63, 3.8) is 0 Å². The van der Waals surface area contributed by atoms with Gasteiger partial charge in [-0.25, -0.2) is 0 Å². The average Bonchev–Trinajstić information content (AvgIpc) is 2.62.